The van der Waals surface area contributed by atoms with Crippen molar-refractivity contribution in [3.8, 4) is 0 Å². The van der Waals surface area contributed by atoms with Crippen molar-refractivity contribution in [3.63, 3.8) is 0 Å². The van der Waals surface area contributed by atoms with Gasteiger partial charge in [-0.15, -0.1) is 0 Å². The number of carboxylic acids is 1. The summed E-state index contributed by atoms with van der Waals surface area (Å²) in [5.74, 6) is 0.0102. The summed E-state index contributed by atoms with van der Waals surface area (Å²) in [5.41, 5.74) is 0. The minimum atomic E-state index is -0.977. The van der Waals surface area contributed by atoms with Crippen molar-refractivity contribution in [1.82, 2.24) is 0 Å². The molecule has 0 spiro atoms. The fourth-order valence-corrected chi connectivity index (χ4v) is 2.74. The molecular weight excluding hydrogens is 216 g/mol. The Labute approximate surface area is 92.5 Å². The third kappa shape index (κ3) is 5.89. The minimum absolute atomic E-state index is 0.00649. The highest BCUT2D eigenvalue weighted by Crippen LogP contribution is 2.16. The van der Waals surface area contributed by atoms with Gasteiger partial charge in [-0.3, -0.25) is 9.00 Å². The van der Waals surface area contributed by atoms with Gasteiger partial charge in [0.05, 0.1) is 12.5 Å². The van der Waals surface area contributed by atoms with E-state index in [0.717, 1.165) is 32.3 Å². The molecule has 0 aromatic rings. The maximum absolute atomic E-state index is 11.3. The lowest BCUT2D eigenvalue weighted by molar-refractivity contribution is -0.136. The average Bonchev–Trinajstić information content (AvgIpc) is 2.67. The molecule has 2 atom stereocenters. The highest BCUT2D eigenvalue weighted by atomic mass is 32.2. The smallest absolute Gasteiger partial charge is 0.304 e. The van der Waals surface area contributed by atoms with Crippen LogP contribution in [0.15, 0.2) is 0 Å². The molecule has 1 aliphatic rings. The second kappa shape index (κ2) is 6.95. The van der Waals surface area contributed by atoms with Crippen molar-refractivity contribution in [2.24, 2.45) is 0 Å². The normalized spacial score (nSPS) is 22.8. The van der Waals surface area contributed by atoms with Gasteiger partial charge in [0.15, 0.2) is 0 Å². The van der Waals surface area contributed by atoms with Crippen molar-refractivity contribution in [2.75, 3.05) is 18.1 Å². The minimum Gasteiger partial charge on any atom is -0.481 e. The number of carboxylic acid groups (broad SMARTS) is 1. The molecule has 4 nitrogen and oxygen atoms in total. The maximum atomic E-state index is 11.3. The zero-order chi connectivity index (χ0) is 11.1. The quantitative estimate of drug-likeness (QED) is 0.718. The van der Waals surface area contributed by atoms with Crippen molar-refractivity contribution < 1.29 is 18.8 Å². The number of rotatable bonds is 7. The van der Waals surface area contributed by atoms with Gasteiger partial charge in [0.1, 0.15) is 0 Å². The standard InChI is InChI=1S/C10H18O4S/c11-10(12)5-8-15(13)7-2-4-9-3-1-6-14-9/h9H,1-8H2,(H,11,12). The Balaban J connectivity index is 1.98. The molecule has 1 N–H and O–H groups in total. The largest absolute Gasteiger partial charge is 0.481 e. The Bertz CT molecular complexity index is 223. The van der Waals surface area contributed by atoms with Gasteiger partial charge in [-0.1, -0.05) is 0 Å². The molecule has 1 aliphatic heterocycles. The Morgan fingerprint density at radius 2 is 2.27 bits per heavy atom. The number of hydrogen-bond donors (Lipinski definition) is 1. The molecule has 15 heavy (non-hydrogen) atoms. The summed E-state index contributed by atoms with van der Waals surface area (Å²) >= 11 is 0. The number of hydrogen-bond acceptors (Lipinski definition) is 3. The van der Waals surface area contributed by atoms with Gasteiger partial charge in [-0.05, 0) is 25.7 Å². The van der Waals surface area contributed by atoms with E-state index in [1.165, 1.54) is 0 Å². The second-order valence-electron chi connectivity index (χ2n) is 3.77. The molecule has 1 saturated heterocycles. The molecule has 88 valence electrons. The summed E-state index contributed by atoms with van der Waals surface area (Å²) in [6.45, 7) is 0.854. The fraction of sp³-hybridized carbons (Fsp3) is 0.900. The van der Waals surface area contributed by atoms with Crippen LogP contribution in [0, 0.1) is 0 Å². The van der Waals surface area contributed by atoms with Crippen LogP contribution in [0.25, 0.3) is 0 Å². The van der Waals surface area contributed by atoms with E-state index < -0.39 is 16.8 Å². The first-order valence-corrected chi connectivity index (χ1v) is 6.85. The van der Waals surface area contributed by atoms with Crippen LogP contribution in [0.3, 0.4) is 0 Å². The van der Waals surface area contributed by atoms with E-state index in [4.69, 9.17) is 9.84 Å². The molecule has 0 aromatic carbocycles. The zero-order valence-corrected chi connectivity index (χ0v) is 9.63. The summed E-state index contributed by atoms with van der Waals surface area (Å²) < 4.78 is 16.8. The number of aliphatic carboxylic acids is 1. The zero-order valence-electron chi connectivity index (χ0n) is 8.81. The Morgan fingerprint density at radius 3 is 2.87 bits per heavy atom. The highest BCUT2D eigenvalue weighted by molar-refractivity contribution is 7.84. The Kier molecular flexibility index (Phi) is 5.86. The molecule has 0 bridgehead atoms. The molecule has 1 heterocycles. The summed E-state index contributed by atoms with van der Waals surface area (Å²) in [6.07, 6.45) is 4.43. The van der Waals surface area contributed by atoms with Gasteiger partial charge >= 0.3 is 5.97 Å². The van der Waals surface area contributed by atoms with Crippen molar-refractivity contribution in [3.05, 3.63) is 0 Å². The van der Waals surface area contributed by atoms with Crippen molar-refractivity contribution >= 4 is 16.8 Å². The predicted octanol–water partition coefficient (Wildman–Crippen LogP) is 1.17. The third-order valence-corrected chi connectivity index (χ3v) is 3.87. The van der Waals surface area contributed by atoms with E-state index in [0.29, 0.717) is 11.9 Å². The molecule has 1 fully saturated rings. The molecule has 1 rings (SSSR count). The first-order chi connectivity index (χ1) is 7.18. The molecule has 0 radical (unpaired) electrons. The molecule has 2 unspecified atom stereocenters. The summed E-state index contributed by atoms with van der Waals surface area (Å²) in [4.78, 5) is 10.2. The van der Waals surface area contributed by atoms with Crippen LogP contribution in [0.2, 0.25) is 0 Å². The molecule has 0 aromatic heterocycles. The summed E-state index contributed by atoms with van der Waals surface area (Å²) in [6, 6.07) is 0. The Hall–Kier alpha value is -0.420. The monoisotopic (exact) mass is 234 g/mol. The van der Waals surface area contributed by atoms with Gasteiger partial charge < -0.3 is 9.84 Å². The predicted molar refractivity (Wildman–Crippen MR) is 58.3 cm³/mol. The second-order valence-corrected chi connectivity index (χ2v) is 5.47. The van der Waals surface area contributed by atoms with Gasteiger partial charge in [-0.2, -0.15) is 0 Å². The van der Waals surface area contributed by atoms with Crippen LogP contribution in [0.4, 0.5) is 0 Å². The number of ether oxygens (including phenoxy) is 1. The van der Waals surface area contributed by atoms with Crippen LogP contribution in [-0.2, 0) is 20.3 Å². The molecule has 0 saturated carbocycles. The van der Waals surface area contributed by atoms with Gasteiger partial charge in [0.2, 0.25) is 0 Å². The van der Waals surface area contributed by atoms with Gasteiger partial charge in [0, 0.05) is 28.9 Å². The van der Waals surface area contributed by atoms with Crippen LogP contribution in [0.1, 0.15) is 32.1 Å². The van der Waals surface area contributed by atoms with E-state index in [1.54, 1.807) is 0 Å². The van der Waals surface area contributed by atoms with E-state index >= 15 is 0 Å². The molecular formula is C10H18O4S. The molecule has 0 amide bonds. The number of carbonyl (C=O) groups is 1. The van der Waals surface area contributed by atoms with Crippen molar-refractivity contribution in [2.45, 2.75) is 38.2 Å². The molecule has 5 heteroatoms. The summed E-state index contributed by atoms with van der Waals surface area (Å²) in [7, 11) is -0.977. The fourth-order valence-electron chi connectivity index (χ4n) is 1.65. The Morgan fingerprint density at radius 1 is 1.47 bits per heavy atom. The third-order valence-electron chi connectivity index (χ3n) is 2.47. The summed E-state index contributed by atoms with van der Waals surface area (Å²) in [5, 5.41) is 8.41. The molecule has 0 aliphatic carbocycles. The lowest BCUT2D eigenvalue weighted by Crippen LogP contribution is -2.10. The van der Waals surface area contributed by atoms with Crippen LogP contribution < -0.4 is 0 Å². The SMILES string of the molecule is O=C(O)CCS(=O)CCCC1CCCO1. The van der Waals surface area contributed by atoms with E-state index in [1.807, 2.05) is 0 Å². The van der Waals surface area contributed by atoms with Gasteiger partial charge in [-0.25, -0.2) is 0 Å². The van der Waals surface area contributed by atoms with E-state index in [9.17, 15) is 9.00 Å². The van der Waals surface area contributed by atoms with E-state index in [-0.39, 0.29) is 12.2 Å². The van der Waals surface area contributed by atoms with E-state index in [2.05, 4.69) is 0 Å². The lowest BCUT2D eigenvalue weighted by atomic mass is 10.1. The lowest BCUT2D eigenvalue weighted by Gasteiger charge is -2.07. The van der Waals surface area contributed by atoms with Crippen LogP contribution >= 0.6 is 0 Å². The first kappa shape index (κ1) is 12.6. The average molecular weight is 234 g/mol. The van der Waals surface area contributed by atoms with Crippen LogP contribution in [0.5, 0.6) is 0 Å². The topological polar surface area (TPSA) is 63.6 Å². The van der Waals surface area contributed by atoms with Crippen LogP contribution in [-0.4, -0.2) is 39.5 Å². The van der Waals surface area contributed by atoms with Gasteiger partial charge in [0.25, 0.3) is 0 Å². The maximum Gasteiger partial charge on any atom is 0.304 e. The first-order valence-electron chi connectivity index (χ1n) is 5.37. The van der Waals surface area contributed by atoms with Crippen molar-refractivity contribution in [1.29, 1.82) is 0 Å². The highest BCUT2D eigenvalue weighted by Gasteiger charge is 2.15.